The lowest BCUT2D eigenvalue weighted by Crippen LogP contribution is -2.13. The third-order valence-electron chi connectivity index (χ3n) is 4.01. The Morgan fingerprint density at radius 3 is 2.37 bits per heavy atom. The van der Waals surface area contributed by atoms with Gasteiger partial charge in [-0.15, -0.1) is 0 Å². The van der Waals surface area contributed by atoms with Gasteiger partial charge >= 0.3 is 5.97 Å². The molecule has 2 aromatic carbocycles. The number of halogens is 1. The topological polar surface area (TPSA) is 78.7 Å². The number of methoxy groups -OCH3 is 2. The maximum Gasteiger partial charge on any atom is 0.341 e. The molecule has 0 aliphatic carbocycles. The Kier molecular flexibility index (Phi) is 9.08. The van der Waals surface area contributed by atoms with Gasteiger partial charge in [0, 0.05) is 15.6 Å². The molecule has 0 bridgehead atoms. The van der Waals surface area contributed by atoms with Crippen LogP contribution in [-0.2, 0) is 30.6 Å². The summed E-state index contributed by atoms with van der Waals surface area (Å²) < 4.78 is 10.8. The van der Waals surface area contributed by atoms with E-state index in [2.05, 4.69) is 26.2 Å². The van der Waals surface area contributed by atoms with Crippen LogP contribution in [-0.4, -0.2) is 38.7 Å². The first-order chi connectivity index (χ1) is 14.5. The number of hydrogen-bond acceptors (Lipinski definition) is 7. The molecule has 2 aromatic rings. The zero-order valence-corrected chi connectivity index (χ0v) is 18.8. The average molecular weight is 475 g/mol. The molecule has 8 heteroatoms. The minimum Gasteiger partial charge on any atom is -0.503 e. The highest BCUT2D eigenvalue weighted by molar-refractivity contribution is 9.10. The van der Waals surface area contributed by atoms with Crippen LogP contribution < -0.4 is 0 Å². The van der Waals surface area contributed by atoms with Gasteiger partial charge in [0.25, 0.3) is 0 Å². The van der Waals surface area contributed by atoms with E-state index in [4.69, 9.17) is 19.1 Å². The molecule has 0 unspecified atom stereocenters. The van der Waals surface area contributed by atoms with Crippen LogP contribution in [0.3, 0.4) is 0 Å². The average Bonchev–Trinajstić information content (AvgIpc) is 2.76. The van der Waals surface area contributed by atoms with Gasteiger partial charge in [0.15, 0.2) is 0 Å². The SMILES string of the molecule is CO/C=C(\C(=O)OC)c1ccccc1CO/N=C(C)/C(=N\OC)c1ccc(Br)cc1. The van der Waals surface area contributed by atoms with E-state index in [1.165, 1.54) is 27.6 Å². The highest BCUT2D eigenvalue weighted by atomic mass is 79.9. The number of carbonyl (C=O) groups is 1. The van der Waals surface area contributed by atoms with Gasteiger partial charge in [-0.3, -0.25) is 0 Å². The van der Waals surface area contributed by atoms with Gasteiger partial charge in [0.2, 0.25) is 0 Å². The highest BCUT2D eigenvalue weighted by Gasteiger charge is 2.17. The van der Waals surface area contributed by atoms with Gasteiger partial charge in [-0.1, -0.05) is 62.6 Å². The van der Waals surface area contributed by atoms with Crippen LogP contribution in [0.15, 0.2) is 69.6 Å². The fourth-order valence-electron chi connectivity index (χ4n) is 2.63. The molecule has 0 fully saturated rings. The van der Waals surface area contributed by atoms with Crippen LogP contribution >= 0.6 is 15.9 Å². The molecule has 0 atom stereocenters. The van der Waals surface area contributed by atoms with Crippen molar-refractivity contribution in [2.24, 2.45) is 10.3 Å². The summed E-state index contributed by atoms with van der Waals surface area (Å²) in [4.78, 5) is 22.6. The molecule has 0 saturated heterocycles. The summed E-state index contributed by atoms with van der Waals surface area (Å²) in [5.74, 6) is -0.506. The highest BCUT2D eigenvalue weighted by Crippen LogP contribution is 2.22. The standard InChI is InChI=1S/C22H23BrN2O5/c1-15(21(25-29-4)16-9-11-18(23)12-10-16)24-30-13-17-7-5-6-8-19(17)20(14-27-2)22(26)28-3/h5-12,14H,13H2,1-4H3/b20-14-,24-15+,25-21+. The Balaban J connectivity index is 2.23. The molecule has 0 N–H and O–H groups in total. The third kappa shape index (κ3) is 6.18. The minimum atomic E-state index is -0.506. The van der Waals surface area contributed by atoms with Crippen LogP contribution in [0.2, 0.25) is 0 Å². The molecule has 0 aliphatic rings. The van der Waals surface area contributed by atoms with E-state index in [-0.39, 0.29) is 12.2 Å². The largest absolute Gasteiger partial charge is 0.503 e. The van der Waals surface area contributed by atoms with Crippen molar-refractivity contribution in [3.8, 4) is 0 Å². The molecular formula is C22H23BrN2O5. The normalized spacial score (nSPS) is 12.4. The number of hydrogen-bond donors (Lipinski definition) is 0. The molecule has 0 radical (unpaired) electrons. The zero-order valence-electron chi connectivity index (χ0n) is 17.2. The maximum absolute atomic E-state index is 12.1. The molecule has 0 aromatic heterocycles. The van der Waals surface area contributed by atoms with Crippen molar-refractivity contribution >= 4 is 38.9 Å². The molecule has 0 amide bonds. The second kappa shape index (κ2) is 11.8. The van der Waals surface area contributed by atoms with Crippen LogP contribution in [0.1, 0.15) is 23.6 Å². The van der Waals surface area contributed by atoms with Crippen LogP contribution in [0.5, 0.6) is 0 Å². The van der Waals surface area contributed by atoms with Gasteiger partial charge in [-0.05, 0) is 24.6 Å². The summed E-state index contributed by atoms with van der Waals surface area (Å²) in [6.07, 6.45) is 1.34. The fourth-order valence-corrected chi connectivity index (χ4v) is 2.89. The number of esters is 1. The van der Waals surface area contributed by atoms with Crippen molar-refractivity contribution in [2.75, 3.05) is 21.3 Å². The number of oxime groups is 2. The van der Waals surface area contributed by atoms with E-state index < -0.39 is 5.97 Å². The summed E-state index contributed by atoms with van der Waals surface area (Å²) in [6.45, 7) is 1.91. The number of nitrogens with zero attached hydrogens (tertiary/aromatic N) is 2. The maximum atomic E-state index is 12.1. The Morgan fingerprint density at radius 2 is 1.73 bits per heavy atom. The van der Waals surface area contributed by atoms with Crippen molar-refractivity contribution in [2.45, 2.75) is 13.5 Å². The smallest absolute Gasteiger partial charge is 0.341 e. The van der Waals surface area contributed by atoms with Crippen molar-refractivity contribution in [1.82, 2.24) is 0 Å². The molecule has 0 heterocycles. The second-order valence-corrected chi connectivity index (χ2v) is 6.91. The van der Waals surface area contributed by atoms with E-state index in [1.54, 1.807) is 13.0 Å². The molecule has 0 saturated carbocycles. The molecule has 158 valence electrons. The first kappa shape index (κ1) is 23.2. The quantitative estimate of drug-likeness (QED) is 0.175. The Labute approximate surface area is 184 Å². The summed E-state index contributed by atoms with van der Waals surface area (Å²) in [6, 6.07) is 14.9. The van der Waals surface area contributed by atoms with E-state index in [1.807, 2.05) is 42.5 Å². The molecule has 30 heavy (non-hydrogen) atoms. The number of carbonyl (C=O) groups excluding carboxylic acids is 1. The summed E-state index contributed by atoms with van der Waals surface area (Å²) >= 11 is 3.41. The molecule has 0 aliphatic heterocycles. The Morgan fingerprint density at radius 1 is 1.03 bits per heavy atom. The second-order valence-electron chi connectivity index (χ2n) is 6.00. The van der Waals surface area contributed by atoms with Crippen LogP contribution in [0, 0.1) is 0 Å². The van der Waals surface area contributed by atoms with Gasteiger partial charge in [-0.2, -0.15) is 0 Å². The molecule has 7 nitrogen and oxygen atoms in total. The predicted octanol–water partition coefficient (Wildman–Crippen LogP) is 4.55. The van der Waals surface area contributed by atoms with Gasteiger partial charge in [0.05, 0.1) is 20.5 Å². The van der Waals surface area contributed by atoms with Crippen LogP contribution in [0.4, 0.5) is 0 Å². The van der Waals surface area contributed by atoms with E-state index in [9.17, 15) is 4.79 Å². The van der Waals surface area contributed by atoms with Gasteiger partial charge < -0.3 is 19.1 Å². The monoisotopic (exact) mass is 474 g/mol. The summed E-state index contributed by atoms with van der Waals surface area (Å²) in [7, 11) is 4.26. The fraction of sp³-hybridized carbons (Fsp3) is 0.227. The van der Waals surface area contributed by atoms with Gasteiger partial charge in [0.1, 0.15) is 30.7 Å². The minimum absolute atomic E-state index is 0.131. The number of benzene rings is 2. The van der Waals surface area contributed by atoms with E-state index in [0.29, 0.717) is 17.0 Å². The van der Waals surface area contributed by atoms with Crippen molar-refractivity contribution < 1.29 is 23.9 Å². The molecule has 2 rings (SSSR count). The first-order valence-electron chi connectivity index (χ1n) is 8.95. The van der Waals surface area contributed by atoms with Crippen LogP contribution in [0.25, 0.3) is 5.57 Å². The van der Waals surface area contributed by atoms with Gasteiger partial charge in [-0.25, -0.2) is 4.79 Å². The summed E-state index contributed by atoms with van der Waals surface area (Å²) in [5.41, 5.74) is 3.59. The lowest BCUT2D eigenvalue weighted by atomic mass is 10.0. The third-order valence-corrected chi connectivity index (χ3v) is 4.54. The predicted molar refractivity (Wildman–Crippen MR) is 119 cm³/mol. The van der Waals surface area contributed by atoms with Crippen molar-refractivity contribution in [1.29, 1.82) is 0 Å². The number of rotatable bonds is 9. The van der Waals surface area contributed by atoms with E-state index >= 15 is 0 Å². The van der Waals surface area contributed by atoms with Crippen molar-refractivity contribution in [3.63, 3.8) is 0 Å². The molecular weight excluding hydrogens is 452 g/mol. The Hall–Kier alpha value is -3.13. The lowest BCUT2D eigenvalue weighted by Gasteiger charge is -2.11. The zero-order chi connectivity index (χ0) is 21.9. The summed E-state index contributed by atoms with van der Waals surface area (Å²) in [5, 5.41) is 8.23. The Bertz CT molecular complexity index is 952. The first-order valence-corrected chi connectivity index (χ1v) is 9.74. The lowest BCUT2D eigenvalue weighted by molar-refractivity contribution is -0.133. The van der Waals surface area contributed by atoms with E-state index in [0.717, 1.165) is 15.6 Å². The van der Waals surface area contributed by atoms with Crippen molar-refractivity contribution in [3.05, 3.63) is 76.0 Å². The number of ether oxygens (including phenoxy) is 2. The molecule has 0 spiro atoms.